The molecule has 2 saturated carbocycles. The van der Waals surface area contributed by atoms with Crippen LogP contribution >= 0.6 is 0 Å². The summed E-state index contributed by atoms with van der Waals surface area (Å²) in [6, 6.07) is 1.72. The number of hydrogen-bond acceptors (Lipinski definition) is 2. The molecule has 110 valence electrons. The molecule has 1 unspecified atom stereocenters. The lowest BCUT2D eigenvalue weighted by Crippen LogP contribution is -2.49. The molecule has 0 amide bonds. The zero-order chi connectivity index (χ0) is 12.9. The molecule has 0 aromatic heterocycles. The van der Waals surface area contributed by atoms with Crippen LogP contribution in [0.25, 0.3) is 0 Å². The fourth-order valence-corrected chi connectivity index (χ4v) is 4.50. The SMILES string of the molecule is C1CCC(CNC2CCCN(C3CCCC3)C2)CC1. The van der Waals surface area contributed by atoms with E-state index in [1.54, 1.807) is 0 Å². The summed E-state index contributed by atoms with van der Waals surface area (Å²) in [6.45, 7) is 3.99. The molecule has 3 rings (SSSR count). The summed E-state index contributed by atoms with van der Waals surface area (Å²) in [5, 5.41) is 3.90. The predicted octanol–water partition coefficient (Wildman–Crippen LogP) is 3.56. The molecule has 0 spiro atoms. The van der Waals surface area contributed by atoms with Crippen LogP contribution in [0.1, 0.15) is 70.6 Å². The summed E-state index contributed by atoms with van der Waals surface area (Å²) in [7, 11) is 0. The van der Waals surface area contributed by atoms with Gasteiger partial charge in [-0.1, -0.05) is 32.1 Å². The van der Waals surface area contributed by atoms with Gasteiger partial charge in [0.15, 0.2) is 0 Å². The van der Waals surface area contributed by atoms with Crippen LogP contribution in [0.5, 0.6) is 0 Å². The van der Waals surface area contributed by atoms with Crippen molar-refractivity contribution in [1.29, 1.82) is 0 Å². The third kappa shape index (κ3) is 3.95. The summed E-state index contributed by atoms with van der Waals surface area (Å²) in [4.78, 5) is 2.80. The molecule has 19 heavy (non-hydrogen) atoms. The molecule has 1 aliphatic heterocycles. The van der Waals surface area contributed by atoms with Gasteiger partial charge in [0.25, 0.3) is 0 Å². The Kier molecular flexibility index (Phi) is 5.17. The van der Waals surface area contributed by atoms with E-state index in [0.29, 0.717) is 0 Å². The minimum Gasteiger partial charge on any atom is -0.312 e. The molecule has 0 aromatic carbocycles. The fourth-order valence-electron chi connectivity index (χ4n) is 4.50. The number of nitrogens with one attached hydrogen (secondary N) is 1. The highest BCUT2D eigenvalue weighted by atomic mass is 15.2. The highest BCUT2D eigenvalue weighted by Gasteiger charge is 2.27. The van der Waals surface area contributed by atoms with Crippen LogP contribution in [-0.2, 0) is 0 Å². The smallest absolute Gasteiger partial charge is 0.0195 e. The Morgan fingerprint density at radius 3 is 2.32 bits per heavy atom. The first-order valence-corrected chi connectivity index (χ1v) is 8.89. The number of likely N-dealkylation sites (tertiary alicyclic amines) is 1. The van der Waals surface area contributed by atoms with Gasteiger partial charge in [0.1, 0.15) is 0 Å². The molecule has 3 fully saturated rings. The van der Waals surface area contributed by atoms with Crippen LogP contribution in [0.3, 0.4) is 0 Å². The van der Waals surface area contributed by atoms with Crippen molar-refractivity contribution in [1.82, 2.24) is 10.2 Å². The summed E-state index contributed by atoms with van der Waals surface area (Å²) >= 11 is 0. The van der Waals surface area contributed by atoms with Crippen molar-refractivity contribution in [3.63, 3.8) is 0 Å². The molecule has 1 N–H and O–H groups in total. The Morgan fingerprint density at radius 2 is 1.53 bits per heavy atom. The Hall–Kier alpha value is -0.0800. The zero-order valence-corrected chi connectivity index (χ0v) is 12.6. The van der Waals surface area contributed by atoms with E-state index in [1.807, 2.05) is 0 Å². The number of rotatable bonds is 4. The summed E-state index contributed by atoms with van der Waals surface area (Å²) < 4.78 is 0. The first-order valence-electron chi connectivity index (χ1n) is 8.89. The van der Waals surface area contributed by atoms with Crippen molar-refractivity contribution in [3.05, 3.63) is 0 Å². The fraction of sp³-hybridized carbons (Fsp3) is 1.00. The summed E-state index contributed by atoms with van der Waals surface area (Å²) in [5.74, 6) is 0.982. The van der Waals surface area contributed by atoms with E-state index in [1.165, 1.54) is 90.3 Å². The van der Waals surface area contributed by atoms with Crippen LogP contribution < -0.4 is 5.32 Å². The lowest BCUT2D eigenvalue weighted by molar-refractivity contribution is 0.135. The molecular formula is C17H32N2. The van der Waals surface area contributed by atoms with Crippen molar-refractivity contribution in [2.45, 2.75) is 82.7 Å². The molecule has 1 atom stereocenters. The second kappa shape index (κ2) is 7.08. The quantitative estimate of drug-likeness (QED) is 0.835. The van der Waals surface area contributed by atoms with Crippen LogP contribution in [0, 0.1) is 5.92 Å². The van der Waals surface area contributed by atoms with E-state index in [0.717, 1.165) is 18.0 Å². The molecule has 2 heteroatoms. The normalized spacial score (nSPS) is 31.9. The molecule has 3 aliphatic rings. The molecule has 1 heterocycles. The largest absolute Gasteiger partial charge is 0.312 e. The minimum absolute atomic E-state index is 0.788. The van der Waals surface area contributed by atoms with Crippen molar-refractivity contribution in [3.8, 4) is 0 Å². The lowest BCUT2D eigenvalue weighted by Gasteiger charge is -2.38. The molecule has 0 bridgehead atoms. The molecule has 0 aromatic rings. The second-order valence-corrected chi connectivity index (χ2v) is 7.18. The molecular weight excluding hydrogens is 232 g/mol. The lowest BCUT2D eigenvalue weighted by atomic mass is 9.89. The number of piperidine rings is 1. The summed E-state index contributed by atoms with van der Waals surface area (Å²) in [5.41, 5.74) is 0. The van der Waals surface area contributed by atoms with E-state index in [-0.39, 0.29) is 0 Å². The van der Waals surface area contributed by atoms with Gasteiger partial charge in [0.2, 0.25) is 0 Å². The standard InChI is InChI=1S/C17H32N2/c1-2-7-15(8-3-1)13-18-16-9-6-12-19(14-16)17-10-4-5-11-17/h15-18H,1-14H2. The maximum atomic E-state index is 3.90. The van der Waals surface area contributed by atoms with Gasteiger partial charge < -0.3 is 5.32 Å². The third-order valence-electron chi connectivity index (χ3n) is 5.71. The maximum Gasteiger partial charge on any atom is 0.0195 e. The summed E-state index contributed by atoms with van der Waals surface area (Å²) in [6.07, 6.45) is 16.1. The van der Waals surface area contributed by atoms with Gasteiger partial charge in [0, 0.05) is 18.6 Å². The van der Waals surface area contributed by atoms with E-state index in [2.05, 4.69) is 10.2 Å². The molecule has 1 saturated heterocycles. The Bertz CT molecular complexity index is 254. The van der Waals surface area contributed by atoms with Crippen LogP contribution in [-0.4, -0.2) is 36.6 Å². The topological polar surface area (TPSA) is 15.3 Å². The first kappa shape index (κ1) is 13.9. The van der Waals surface area contributed by atoms with Gasteiger partial charge >= 0.3 is 0 Å². The van der Waals surface area contributed by atoms with Crippen molar-refractivity contribution < 1.29 is 0 Å². The molecule has 2 nitrogen and oxygen atoms in total. The van der Waals surface area contributed by atoms with Gasteiger partial charge in [0.05, 0.1) is 0 Å². The number of nitrogens with zero attached hydrogens (tertiary/aromatic N) is 1. The van der Waals surface area contributed by atoms with E-state index in [4.69, 9.17) is 0 Å². The first-order chi connectivity index (χ1) is 9.42. The average molecular weight is 264 g/mol. The Balaban J connectivity index is 1.40. The Labute approximate surface area is 119 Å². The maximum absolute atomic E-state index is 3.90. The third-order valence-corrected chi connectivity index (χ3v) is 5.71. The van der Waals surface area contributed by atoms with Gasteiger partial charge in [-0.3, -0.25) is 4.90 Å². The molecule has 2 aliphatic carbocycles. The van der Waals surface area contributed by atoms with E-state index < -0.39 is 0 Å². The van der Waals surface area contributed by atoms with Crippen molar-refractivity contribution in [2.24, 2.45) is 5.92 Å². The predicted molar refractivity (Wildman–Crippen MR) is 81.4 cm³/mol. The monoisotopic (exact) mass is 264 g/mol. The van der Waals surface area contributed by atoms with Crippen LogP contribution in [0.2, 0.25) is 0 Å². The van der Waals surface area contributed by atoms with E-state index in [9.17, 15) is 0 Å². The van der Waals surface area contributed by atoms with Gasteiger partial charge in [-0.25, -0.2) is 0 Å². The van der Waals surface area contributed by atoms with Crippen LogP contribution in [0.15, 0.2) is 0 Å². The minimum atomic E-state index is 0.788. The average Bonchev–Trinajstić information content (AvgIpc) is 3.01. The highest BCUT2D eigenvalue weighted by molar-refractivity contribution is 4.85. The Morgan fingerprint density at radius 1 is 0.789 bits per heavy atom. The second-order valence-electron chi connectivity index (χ2n) is 7.18. The highest BCUT2D eigenvalue weighted by Crippen LogP contribution is 2.27. The number of hydrogen-bond donors (Lipinski definition) is 1. The molecule has 0 radical (unpaired) electrons. The van der Waals surface area contributed by atoms with Gasteiger partial charge in [-0.2, -0.15) is 0 Å². The van der Waals surface area contributed by atoms with Crippen molar-refractivity contribution >= 4 is 0 Å². The van der Waals surface area contributed by atoms with Gasteiger partial charge in [-0.05, 0) is 57.5 Å². The van der Waals surface area contributed by atoms with E-state index >= 15 is 0 Å². The zero-order valence-electron chi connectivity index (χ0n) is 12.6. The van der Waals surface area contributed by atoms with Crippen LogP contribution in [0.4, 0.5) is 0 Å². The van der Waals surface area contributed by atoms with Gasteiger partial charge in [-0.15, -0.1) is 0 Å². The van der Waals surface area contributed by atoms with Crippen molar-refractivity contribution in [2.75, 3.05) is 19.6 Å².